The molecular weight excluding hydrogens is 354 g/mol. The Morgan fingerprint density at radius 1 is 1.35 bits per heavy atom. The van der Waals surface area contributed by atoms with Crippen molar-refractivity contribution in [1.82, 2.24) is 15.1 Å². The SMILES string of the molecule is C[C@H](Sc1nnc(-c2sc3ccccc3c2Cl)o1)C(=O)N(C)C. The first-order valence-electron chi connectivity index (χ1n) is 6.86. The summed E-state index contributed by atoms with van der Waals surface area (Å²) in [7, 11) is 3.44. The first-order valence-corrected chi connectivity index (χ1v) is 8.93. The van der Waals surface area contributed by atoms with Crippen molar-refractivity contribution < 1.29 is 9.21 Å². The van der Waals surface area contributed by atoms with Crippen LogP contribution in [-0.4, -0.2) is 40.3 Å². The number of carbonyl (C=O) groups is 1. The molecule has 0 fully saturated rings. The summed E-state index contributed by atoms with van der Waals surface area (Å²) >= 11 is 9.16. The molecule has 0 bridgehead atoms. The number of thioether (sulfide) groups is 1. The highest BCUT2D eigenvalue weighted by Crippen LogP contribution is 2.41. The zero-order valence-corrected chi connectivity index (χ0v) is 15.1. The molecule has 8 heteroatoms. The molecule has 0 unspecified atom stereocenters. The Balaban J connectivity index is 1.86. The Morgan fingerprint density at radius 3 is 2.78 bits per heavy atom. The van der Waals surface area contributed by atoms with Crippen LogP contribution in [0.2, 0.25) is 5.02 Å². The van der Waals surface area contributed by atoms with E-state index in [1.54, 1.807) is 14.1 Å². The maximum atomic E-state index is 11.9. The van der Waals surface area contributed by atoms with Crippen LogP contribution >= 0.6 is 34.7 Å². The topological polar surface area (TPSA) is 59.2 Å². The second-order valence-electron chi connectivity index (χ2n) is 5.11. The predicted octanol–water partition coefficient (Wildman–Crippen LogP) is 4.17. The zero-order chi connectivity index (χ0) is 16.6. The van der Waals surface area contributed by atoms with Gasteiger partial charge in [0.05, 0.1) is 10.3 Å². The van der Waals surface area contributed by atoms with Crippen molar-refractivity contribution in [3.05, 3.63) is 29.3 Å². The minimum absolute atomic E-state index is 0.00496. The summed E-state index contributed by atoms with van der Waals surface area (Å²) in [6.07, 6.45) is 0. The highest BCUT2D eigenvalue weighted by molar-refractivity contribution is 8.00. The van der Waals surface area contributed by atoms with E-state index in [0.29, 0.717) is 16.1 Å². The van der Waals surface area contributed by atoms with Gasteiger partial charge in [-0.3, -0.25) is 4.79 Å². The van der Waals surface area contributed by atoms with E-state index < -0.39 is 0 Å². The van der Waals surface area contributed by atoms with Gasteiger partial charge >= 0.3 is 0 Å². The molecule has 23 heavy (non-hydrogen) atoms. The largest absolute Gasteiger partial charge is 0.410 e. The zero-order valence-electron chi connectivity index (χ0n) is 12.7. The summed E-state index contributed by atoms with van der Waals surface area (Å²) in [5.41, 5.74) is 0. The Morgan fingerprint density at radius 2 is 2.09 bits per heavy atom. The lowest BCUT2D eigenvalue weighted by molar-refractivity contribution is -0.127. The number of halogens is 1. The van der Waals surface area contributed by atoms with Crippen LogP contribution < -0.4 is 0 Å². The van der Waals surface area contributed by atoms with E-state index in [0.717, 1.165) is 15.0 Å². The molecule has 2 aromatic heterocycles. The predicted molar refractivity (Wildman–Crippen MR) is 94.1 cm³/mol. The molecule has 0 saturated heterocycles. The van der Waals surface area contributed by atoms with Crippen molar-refractivity contribution in [2.45, 2.75) is 17.4 Å². The highest BCUT2D eigenvalue weighted by atomic mass is 35.5. The van der Waals surface area contributed by atoms with Crippen molar-refractivity contribution in [3.8, 4) is 10.8 Å². The van der Waals surface area contributed by atoms with Gasteiger partial charge in [-0.2, -0.15) is 0 Å². The number of rotatable bonds is 4. The molecule has 0 saturated carbocycles. The second-order valence-corrected chi connectivity index (χ2v) is 7.83. The molecule has 0 aliphatic rings. The fourth-order valence-electron chi connectivity index (χ4n) is 2.07. The van der Waals surface area contributed by atoms with E-state index >= 15 is 0 Å². The first-order chi connectivity index (χ1) is 11.0. The van der Waals surface area contributed by atoms with E-state index in [9.17, 15) is 4.79 Å². The molecular formula is C15H14ClN3O2S2. The number of carbonyl (C=O) groups excluding carboxylic acids is 1. The van der Waals surface area contributed by atoms with Crippen molar-refractivity contribution in [2.75, 3.05) is 14.1 Å². The van der Waals surface area contributed by atoms with Gasteiger partial charge in [-0.05, 0) is 13.0 Å². The number of aromatic nitrogens is 2. The molecule has 0 N–H and O–H groups in total. The average Bonchev–Trinajstić information content (AvgIpc) is 3.11. The molecule has 1 aromatic carbocycles. The van der Waals surface area contributed by atoms with Crippen LogP contribution in [0.3, 0.4) is 0 Å². The third kappa shape index (κ3) is 3.22. The number of nitrogens with zero attached hydrogens (tertiary/aromatic N) is 3. The van der Waals surface area contributed by atoms with E-state index in [2.05, 4.69) is 10.2 Å². The Bertz CT molecular complexity index is 859. The number of amides is 1. The first kappa shape index (κ1) is 16.3. The number of hydrogen-bond acceptors (Lipinski definition) is 6. The van der Waals surface area contributed by atoms with E-state index in [-0.39, 0.29) is 11.2 Å². The molecule has 0 aliphatic carbocycles. The molecule has 5 nitrogen and oxygen atoms in total. The Hall–Kier alpha value is -1.57. The van der Waals surface area contributed by atoms with Gasteiger partial charge in [0.25, 0.3) is 11.1 Å². The quantitative estimate of drug-likeness (QED) is 0.647. The van der Waals surface area contributed by atoms with E-state index in [1.165, 1.54) is 28.0 Å². The normalized spacial score (nSPS) is 12.5. The second kappa shape index (κ2) is 6.51. The third-order valence-corrected chi connectivity index (χ3v) is 5.79. The van der Waals surface area contributed by atoms with Crippen LogP contribution in [0.15, 0.2) is 33.9 Å². The molecule has 3 aromatic rings. The lowest BCUT2D eigenvalue weighted by Gasteiger charge is -2.14. The summed E-state index contributed by atoms with van der Waals surface area (Å²) in [6, 6.07) is 7.86. The molecule has 2 heterocycles. The highest BCUT2D eigenvalue weighted by Gasteiger charge is 2.22. The summed E-state index contributed by atoms with van der Waals surface area (Å²) in [5, 5.41) is 9.72. The van der Waals surface area contributed by atoms with Gasteiger partial charge in [-0.1, -0.05) is 41.6 Å². The lowest BCUT2D eigenvalue weighted by Crippen LogP contribution is -2.29. The van der Waals surface area contributed by atoms with Gasteiger partial charge in [0.1, 0.15) is 4.88 Å². The Labute approximate surface area is 146 Å². The van der Waals surface area contributed by atoms with Crippen LogP contribution in [0, 0.1) is 0 Å². The maximum Gasteiger partial charge on any atom is 0.277 e. The third-order valence-electron chi connectivity index (χ3n) is 3.20. The number of fused-ring (bicyclic) bond motifs is 1. The molecule has 1 amide bonds. The van der Waals surface area contributed by atoms with E-state index in [1.807, 2.05) is 31.2 Å². The van der Waals surface area contributed by atoms with Crippen molar-refractivity contribution in [1.29, 1.82) is 0 Å². The molecule has 0 spiro atoms. The fraction of sp³-hybridized carbons (Fsp3) is 0.267. The van der Waals surface area contributed by atoms with Gasteiger partial charge in [-0.25, -0.2) is 0 Å². The van der Waals surface area contributed by atoms with Crippen LogP contribution in [0.25, 0.3) is 20.9 Å². The molecule has 1 atom stereocenters. The summed E-state index contributed by atoms with van der Waals surface area (Å²) in [6.45, 7) is 1.81. The van der Waals surface area contributed by atoms with Crippen molar-refractivity contribution in [2.24, 2.45) is 0 Å². The van der Waals surface area contributed by atoms with Gasteiger partial charge < -0.3 is 9.32 Å². The van der Waals surface area contributed by atoms with Crippen LogP contribution in [0.4, 0.5) is 0 Å². The van der Waals surface area contributed by atoms with Crippen molar-refractivity contribution >= 4 is 50.7 Å². The smallest absolute Gasteiger partial charge is 0.277 e. The number of benzene rings is 1. The molecule has 120 valence electrons. The standard InChI is InChI=1S/C15H14ClN3O2S2/c1-8(14(20)19(2)3)22-15-18-17-13(21-15)12-11(16)9-6-4-5-7-10(9)23-12/h4-8H,1-3H3/t8-/m0/s1. The van der Waals surface area contributed by atoms with Crippen molar-refractivity contribution in [3.63, 3.8) is 0 Å². The minimum atomic E-state index is -0.295. The molecule has 0 radical (unpaired) electrons. The summed E-state index contributed by atoms with van der Waals surface area (Å²) < 4.78 is 6.74. The molecule has 0 aliphatic heterocycles. The average molecular weight is 368 g/mol. The summed E-state index contributed by atoms with van der Waals surface area (Å²) in [4.78, 5) is 14.2. The van der Waals surface area contributed by atoms with Gasteiger partial charge in [-0.15, -0.1) is 21.5 Å². The molecule has 3 rings (SSSR count). The van der Waals surface area contributed by atoms with Crippen LogP contribution in [0.1, 0.15) is 6.92 Å². The Kier molecular flexibility index (Phi) is 4.61. The monoisotopic (exact) mass is 367 g/mol. The van der Waals surface area contributed by atoms with Gasteiger partial charge in [0.2, 0.25) is 5.91 Å². The number of hydrogen-bond donors (Lipinski definition) is 0. The van der Waals surface area contributed by atoms with Gasteiger partial charge in [0.15, 0.2) is 0 Å². The lowest BCUT2D eigenvalue weighted by atomic mass is 10.2. The fourth-order valence-corrected chi connectivity index (χ4v) is 4.33. The van der Waals surface area contributed by atoms with Crippen LogP contribution in [0.5, 0.6) is 0 Å². The maximum absolute atomic E-state index is 11.9. The van der Waals surface area contributed by atoms with Crippen LogP contribution in [-0.2, 0) is 4.79 Å². The van der Waals surface area contributed by atoms with E-state index in [4.69, 9.17) is 16.0 Å². The van der Waals surface area contributed by atoms with Gasteiger partial charge in [0, 0.05) is 24.2 Å². The number of thiophene rings is 1. The summed E-state index contributed by atoms with van der Waals surface area (Å²) in [5.74, 6) is 0.373. The minimum Gasteiger partial charge on any atom is -0.410 e.